The highest BCUT2D eigenvalue weighted by molar-refractivity contribution is 5.68. The van der Waals surface area contributed by atoms with E-state index in [0.717, 1.165) is 17.7 Å². The fraction of sp³-hybridized carbons (Fsp3) is 0.619. The molecule has 2 fully saturated rings. The number of rotatable bonds is 1. The van der Waals surface area contributed by atoms with Gasteiger partial charge in [0, 0.05) is 11.6 Å². The van der Waals surface area contributed by atoms with Crippen LogP contribution in [0.5, 0.6) is 17.2 Å². The van der Waals surface area contributed by atoms with Gasteiger partial charge in [-0.2, -0.15) is 0 Å². The molecule has 0 amide bonds. The van der Waals surface area contributed by atoms with Crippen LogP contribution in [0.4, 0.5) is 0 Å². The van der Waals surface area contributed by atoms with E-state index in [0.29, 0.717) is 17.1 Å². The lowest BCUT2D eigenvalue weighted by atomic mass is 9.49. The number of hydrogen-bond donors (Lipinski definition) is 1. The average molecular weight is 328 g/mol. The first-order chi connectivity index (χ1) is 11.3. The number of benzene rings is 1. The van der Waals surface area contributed by atoms with E-state index in [1.165, 1.54) is 31.3 Å². The third kappa shape index (κ3) is 2.17. The fourth-order valence-electron chi connectivity index (χ4n) is 5.66. The van der Waals surface area contributed by atoms with Gasteiger partial charge in [0.25, 0.3) is 0 Å². The van der Waals surface area contributed by atoms with E-state index >= 15 is 0 Å². The van der Waals surface area contributed by atoms with Gasteiger partial charge in [-0.15, -0.1) is 0 Å². The summed E-state index contributed by atoms with van der Waals surface area (Å²) in [5.74, 6) is 2.14. The second-order valence-corrected chi connectivity index (χ2v) is 8.66. The minimum Gasteiger partial charge on any atom is -0.504 e. The Hall–Kier alpha value is -1.64. The lowest BCUT2D eigenvalue weighted by Gasteiger charge is -2.57. The second kappa shape index (κ2) is 5.18. The second-order valence-electron chi connectivity index (χ2n) is 8.66. The summed E-state index contributed by atoms with van der Waals surface area (Å²) in [4.78, 5) is 0. The predicted octanol–water partition coefficient (Wildman–Crippen LogP) is 5.17. The van der Waals surface area contributed by atoms with Crippen molar-refractivity contribution in [3.05, 3.63) is 23.3 Å². The summed E-state index contributed by atoms with van der Waals surface area (Å²) in [5.41, 5.74) is 3.09. The maximum atomic E-state index is 10.0. The molecule has 24 heavy (non-hydrogen) atoms. The summed E-state index contributed by atoms with van der Waals surface area (Å²) in [7, 11) is 1.59. The standard InChI is InChI=1S/C21H28O3/c1-20(2)8-5-9-21(3)14-10-13-11-18(23-4)15(22)12-17(13)24-16(14)6-7-19(20)21/h10-12,16,19,22H,5-9H2,1-4H3. The van der Waals surface area contributed by atoms with Crippen LogP contribution in [0.15, 0.2) is 17.7 Å². The molecule has 2 aliphatic carbocycles. The van der Waals surface area contributed by atoms with Crippen molar-refractivity contribution < 1.29 is 14.6 Å². The number of aromatic hydroxyl groups is 1. The van der Waals surface area contributed by atoms with Gasteiger partial charge in [-0.05, 0) is 60.1 Å². The van der Waals surface area contributed by atoms with E-state index in [1.807, 2.05) is 6.07 Å². The normalized spacial score (nSPS) is 33.4. The van der Waals surface area contributed by atoms with Crippen LogP contribution in [0, 0.1) is 16.7 Å². The minimum absolute atomic E-state index is 0.145. The topological polar surface area (TPSA) is 38.7 Å². The molecular formula is C21H28O3. The molecule has 0 spiro atoms. The number of ether oxygens (including phenoxy) is 2. The number of methoxy groups -OCH3 is 1. The van der Waals surface area contributed by atoms with Crippen molar-refractivity contribution in [2.45, 2.75) is 59.0 Å². The van der Waals surface area contributed by atoms with Crippen molar-refractivity contribution in [3.63, 3.8) is 0 Å². The number of hydrogen-bond acceptors (Lipinski definition) is 3. The third-order valence-electron chi connectivity index (χ3n) is 6.85. The summed E-state index contributed by atoms with van der Waals surface area (Å²) < 4.78 is 11.6. The SMILES string of the molecule is COc1cc2c(cc1O)OC1CCC3C(C)(C)CCCC3(C)C1=C2. The smallest absolute Gasteiger partial charge is 0.161 e. The van der Waals surface area contributed by atoms with Crippen molar-refractivity contribution >= 4 is 6.08 Å². The Bertz CT molecular complexity index is 703. The van der Waals surface area contributed by atoms with E-state index in [9.17, 15) is 5.11 Å². The zero-order valence-corrected chi connectivity index (χ0v) is 15.2. The van der Waals surface area contributed by atoms with Gasteiger partial charge in [-0.1, -0.05) is 27.2 Å². The zero-order chi connectivity index (χ0) is 17.1. The van der Waals surface area contributed by atoms with Crippen LogP contribution in [0.2, 0.25) is 0 Å². The highest BCUT2D eigenvalue weighted by Gasteiger charge is 2.53. The Balaban J connectivity index is 1.81. The van der Waals surface area contributed by atoms with E-state index in [-0.39, 0.29) is 17.3 Å². The van der Waals surface area contributed by atoms with Crippen LogP contribution >= 0.6 is 0 Å². The lowest BCUT2D eigenvalue weighted by molar-refractivity contribution is -0.0223. The van der Waals surface area contributed by atoms with Gasteiger partial charge in [0.1, 0.15) is 11.9 Å². The molecule has 3 unspecified atom stereocenters. The Morgan fingerprint density at radius 1 is 1.17 bits per heavy atom. The van der Waals surface area contributed by atoms with E-state index in [4.69, 9.17) is 9.47 Å². The highest BCUT2D eigenvalue weighted by atomic mass is 16.5. The van der Waals surface area contributed by atoms with Crippen LogP contribution in [0.1, 0.15) is 58.4 Å². The first-order valence-electron chi connectivity index (χ1n) is 9.15. The largest absolute Gasteiger partial charge is 0.504 e. The Morgan fingerprint density at radius 3 is 2.71 bits per heavy atom. The van der Waals surface area contributed by atoms with Crippen LogP contribution in [-0.2, 0) is 0 Å². The minimum atomic E-state index is 0.145. The molecule has 3 atom stereocenters. The molecule has 1 aromatic carbocycles. The van der Waals surface area contributed by atoms with Gasteiger partial charge < -0.3 is 14.6 Å². The molecule has 4 rings (SSSR count). The summed E-state index contributed by atoms with van der Waals surface area (Å²) >= 11 is 0. The number of phenols is 1. The van der Waals surface area contributed by atoms with Gasteiger partial charge in [0.05, 0.1) is 7.11 Å². The quantitative estimate of drug-likeness (QED) is 0.773. The highest BCUT2D eigenvalue weighted by Crippen LogP contribution is 2.61. The first kappa shape index (κ1) is 15.9. The summed E-state index contributed by atoms with van der Waals surface area (Å²) in [6.07, 6.45) is 8.63. The van der Waals surface area contributed by atoms with Crippen LogP contribution < -0.4 is 9.47 Å². The Morgan fingerprint density at radius 2 is 1.96 bits per heavy atom. The van der Waals surface area contributed by atoms with E-state index in [2.05, 4.69) is 26.8 Å². The lowest BCUT2D eigenvalue weighted by Crippen LogP contribution is -2.50. The molecule has 0 radical (unpaired) electrons. The maximum absolute atomic E-state index is 10.0. The third-order valence-corrected chi connectivity index (χ3v) is 6.85. The molecule has 0 aromatic heterocycles. The Labute approximate surface area is 144 Å². The molecule has 1 heterocycles. The van der Waals surface area contributed by atoms with Gasteiger partial charge >= 0.3 is 0 Å². The molecule has 130 valence electrons. The number of phenolic OH excluding ortho intramolecular Hbond substituents is 1. The summed E-state index contributed by atoms with van der Waals surface area (Å²) in [5, 5.41) is 10.0. The number of fused-ring (bicyclic) bond motifs is 4. The molecule has 1 N–H and O–H groups in total. The molecule has 3 heteroatoms. The molecule has 0 bridgehead atoms. The molecule has 1 aliphatic heterocycles. The fourth-order valence-corrected chi connectivity index (χ4v) is 5.66. The maximum Gasteiger partial charge on any atom is 0.161 e. The van der Waals surface area contributed by atoms with Crippen molar-refractivity contribution in [1.29, 1.82) is 0 Å². The van der Waals surface area contributed by atoms with Crippen molar-refractivity contribution in [2.75, 3.05) is 7.11 Å². The Kier molecular flexibility index (Phi) is 3.42. The van der Waals surface area contributed by atoms with Crippen LogP contribution in [-0.4, -0.2) is 18.3 Å². The summed E-state index contributed by atoms with van der Waals surface area (Å²) in [6.45, 7) is 7.33. The molecule has 3 aliphatic rings. The zero-order valence-electron chi connectivity index (χ0n) is 15.2. The summed E-state index contributed by atoms with van der Waals surface area (Å²) in [6, 6.07) is 3.59. The van der Waals surface area contributed by atoms with Crippen molar-refractivity contribution in [2.24, 2.45) is 16.7 Å². The van der Waals surface area contributed by atoms with Gasteiger partial charge in [0.2, 0.25) is 0 Å². The first-order valence-corrected chi connectivity index (χ1v) is 9.15. The molecule has 1 aromatic rings. The molecule has 2 saturated carbocycles. The van der Waals surface area contributed by atoms with Crippen LogP contribution in [0.3, 0.4) is 0 Å². The van der Waals surface area contributed by atoms with Gasteiger partial charge in [-0.25, -0.2) is 0 Å². The van der Waals surface area contributed by atoms with Crippen molar-refractivity contribution in [3.8, 4) is 17.2 Å². The van der Waals surface area contributed by atoms with Crippen LogP contribution in [0.25, 0.3) is 6.08 Å². The molecular weight excluding hydrogens is 300 g/mol. The predicted molar refractivity (Wildman–Crippen MR) is 95.5 cm³/mol. The molecule has 0 saturated heterocycles. The van der Waals surface area contributed by atoms with Gasteiger partial charge in [-0.3, -0.25) is 0 Å². The molecule has 3 nitrogen and oxygen atoms in total. The monoisotopic (exact) mass is 328 g/mol. The van der Waals surface area contributed by atoms with Crippen molar-refractivity contribution in [1.82, 2.24) is 0 Å². The average Bonchev–Trinajstić information content (AvgIpc) is 2.52. The van der Waals surface area contributed by atoms with E-state index in [1.54, 1.807) is 13.2 Å². The van der Waals surface area contributed by atoms with E-state index < -0.39 is 0 Å². The van der Waals surface area contributed by atoms with Gasteiger partial charge in [0.15, 0.2) is 11.5 Å².